The molecule has 2 aromatic heterocycles. The number of nitrogens with zero attached hydrogens (tertiary/aromatic N) is 5. The number of β-amino-alcohol motifs (C(OH)–C–C–N with tert-alkyl or cyclic N) is 1. The largest absolute Gasteiger partial charge is 0.388 e. The molecular weight excluding hydrogens is 258 g/mol. The molecule has 0 saturated carbocycles. The van der Waals surface area contributed by atoms with E-state index >= 15 is 0 Å². The maximum absolute atomic E-state index is 12.6. The monoisotopic (exact) mass is 275 g/mol. The molecule has 1 aliphatic heterocycles. The molecule has 1 fully saturated rings. The molecule has 0 aliphatic carbocycles. The third-order valence-corrected chi connectivity index (χ3v) is 3.71. The third-order valence-electron chi connectivity index (χ3n) is 3.71. The molecular formula is C13H17N5O2. The van der Waals surface area contributed by atoms with Gasteiger partial charge in [0, 0.05) is 19.3 Å². The van der Waals surface area contributed by atoms with Crippen LogP contribution in [0.25, 0.3) is 5.78 Å². The number of aryl methyl sites for hydroxylation is 1. The van der Waals surface area contributed by atoms with Crippen LogP contribution in [0.4, 0.5) is 0 Å². The van der Waals surface area contributed by atoms with Crippen molar-refractivity contribution < 1.29 is 9.90 Å². The molecule has 1 atom stereocenters. The van der Waals surface area contributed by atoms with Crippen molar-refractivity contribution >= 4 is 11.7 Å². The molecule has 1 aliphatic rings. The van der Waals surface area contributed by atoms with Crippen molar-refractivity contribution in [3.05, 3.63) is 23.8 Å². The number of carbonyl (C=O) groups excluding carboxylic acids is 1. The highest BCUT2D eigenvalue weighted by molar-refractivity contribution is 5.95. The number of hydrogen-bond acceptors (Lipinski definition) is 5. The quantitative estimate of drug-likeness (QED) is 0.851. The first-order chi connectivity index (χ1) is 9.52. The lowest BCUT2D eigenvalue weighted by Crippen LogP contribution is -2.34. The molecule has 2 aromatic rings. The Morgan fingerprint density at radius 1 is 1.50 bits per heavy atom. The maximum Gasteiger partial charge on any atom is 0.257 e. The van der Waals surface area contributed by atoms with Gasteiger partial charge in [0.15, 0.2) is 0 Å². The Bertz CT molecular complexity index is 664. The molecule has 0 bridgehead atoms. The SMILES string of the molecule is CCc1c(C(=O)N2CCC(C)(O)C2)cnc2ncnn12. The van der Waals surface area contributed by atoms with E-state index in [-0.39, 0.29) is 5.91 Å². The van der Waals surface area contributed by atoms with Gasteiger partial charge in [-0.15, -0.1) is 0 Å². The number of likely N-dealkylation sites (tertiary alicyclic amines) is 1. The van der Waals surface area contributed by atoms with Gasteiger partial charge in [-0.25, -0.2) is 9.50 Å². The highest BCUT2D eigenvalue weighted by Gasteiger charge is 2.35. The molecule has 1 amide bonds. The van der Waals surface area contributed by atoms with Crippen LogP contribution in [0, 0.1) is 0 Å². The van der Waals surface area contributed by atoms with Gasteiger partial charge in [0.2, 0.25) is 0 Å². The van der Waals surface area contributed by atoms with Crippen LogP contribution in [0.2, 0.25) is 0 Å². The molecule has 7 heteroatoms. The minimum absolute atomic E-state index is 0.107. The average Bonchev–Trinajstić information content (AvgIpc) is 3.02. The molecule has 0 spiro atoms. The van der Waals surface area contributed by atoms with E-state index in [1.165, 1.54) is 6.33 Å². The molecule has 1 N–H and O–H groups in total. The fourth-order valence-corrected chi connectivity index (χ4v) is 2.63. The average molecular weight is 275 g/mol. The van der Waals surface area contributed by atoms with Gasteiger partial charge >= 0.3 is 0 Å². The van der Waals surface area contributed by atoms with Crippen LogP contribution in [0.3, 0.4) is 0 Å². The minimum atomic E-state index is -0.799. The standard InChI is InChI=1S/C13H17N5O2/c1-3-10-9(6-14-12-15-8-16-18(10)12)11(19)17-5-4-13(2,20)7-17/h6,8,20H,3-5,7H2,1-2H3. The second kappa shape index (κ2) is 4.52. The fourth-order valence-electron chi connectivity index (χ4n) is 2.63. The Morgan fingerprint density at radius 3 is 2.95 bits per heavy atom. The summed E-state index contributed by atoms with van der Waals surface area (Å²) in [5.41, 5.74) is 0.527. The van der Waals surface area contributed by atoms with Gasteiger partial charge < -0.3 is 10.0 Å². The molecule has 0 aromatic carbocycles. The van der Waals surface area contributed by atoms with E-state index in [4.69, 9.17) is 0 Å². The summed E-state index contributed by atoms with van der Waals surface area (Å²) < 4.78 is 1.60. The molecule has 3 heterocycles. The fraction of sp³-hybridized carbons (Fsp3) is 0.538. The summed E-state index contributed by atoms with van der Waals surface area (Å²) in [7, 11) is 0. The first-order valence-corrected chi connectivity index (χ1v) is 6.71. The van der Waals surface area contributed by atoms with E-state index in [1.807, 2.05) is 6.92 Å². The van der Waals surface area contributed by atoms with Gasteiger partial charge in [-0.2, -0.15) is 10.1 Å². The third kappa shape index (κ3) is 2.03. The Hall–Kier alpha value is -2.02. The predicted octanol–water partition coefficient (Wildman–Crippen LogP) is 0.284. The van der Waals surface area contributed by atoms with Gasteiger partial charge in [0.1, 0.15) is 6.33 Å². The van der Waals surface area contributed by atoms with Crippen LogP contribution in [0.1, 0.15) is 36.3 Å². The topological polar surface area (TPSA) is 83.6 Å². The number of rotatable bonds is 2. The highest BCUT2D eigenvalue weighted by atomic mass is 16.3. The molecule has 106 valence electrons. The molecule has 0 radical (unpaired) electrons. The van der Waals surface area contributed by atoms with E-state index in [1.54, 1.807) is 22.5 Å². The first-order valence-electron chi connectivity index (χ1n) is 6.71. The normalized spacial score (nSPS) is 22.6. The van der Waals surface area contributed by atoms with Crippen LogP contribution in [-0.2, 0) is 6.42 Å². The number of aliphatic hydroxyl groups is 1. The minimum Gasteiger partial charge on any atom is -0.388 e. The Labute approximate surface area is 116 Å². The summed E-state index contributed by atoms with van der Waals surface area (Å²) in [6.07, 6.45) is 4.24. The molecule has 3 rings (SSSR count). The summed E-state index contributed by atoms with van der Waals surface area (Å²) in [6, 6.07) is 0. The van der Waals surface area contributed by atoms with Crippen molar-refractivity contribution in [2.45, 2.75) is 32.3 Å². The summed E-state index contributed by atoms with van der Waals surface area (Å²) in [5.74, 6) is 0.386. The van der Waals surface area contributed by atoms with Crippen LogP contribution in [0.15, 0.2) is 12.5 Å². The smallest absolute Gasteiger partial charge is 0.257 e. The Balaban J connectivity index is 1.99. The lowest BCUT2D eigenvalue weighted by atomic mass is 10.1. The van der Waals surface area contributed by atoms with Gasteiger partial charge in [-0.1, -0.05) is 6.92 Å². The number of amides is 1. The van der Waals surface area contributed by atoms with E-state index < -0.39 is 5.60 Å². The highest BCUT2D eigenvalue weighted by Crippen LogP contribution is 2.23. The van der Waals surface area contributed by atoms with E-state index in [2.05, 4.69) is 15.1 Å². The maximum atomic E-state index is 12.6. The Morgan fingerprint density at radius 2 is 2.30 bits per heavy atom. The lowest BCUT2D eigenvalue weighted by molar-refractivity contribution is 0.0571. The summed E-state index contributed by atoms with van der Waals surface area (Å²) >= 11 is 0. The number of hydrogen-bond donors (Lipinski definition) is 1. The second-order valence-electron chi connectivity index (χ2n) is 5.42. The van der Waals surface area contributed by atoms with Gasteiger partial charge in [0.05, 0.1) is 16.9 Å². The van der Waals surface area contributed by atoms with Gasteiger partial charge in [-0.05, 0) is 19.8 Å². The summed E-state index contributed by atoms with van der Waals surface area (Å²) in [6.45, 7) is 4.63. The van der Waals surface area contributed by atoms with Gasteiger partial charge in [-0.3, -0.25) is 4.79 Å². The molecule has 1 unspecified atom stereocenters. The molecule has 7 nitrogen and oxygen atoms in total. The van der Waals surface area contributed by atoms with Crippen molar-refractivity contribution in [2.75, 3.05) is 13.1 Å². The number of carbonyl (C=O) groups is 1. The predicted molar refractivity (Wildman–Crippen MR) is 71.3 cm³/mol. The first kappa shape index (κ1) is 13.0. The second-order valence-corrected chi connectivity index (χ2v) is 5.42. The lowest BCUT2D eigenvalue weighted by Gasteiger charge is -2.20. The van der Waals surface area contributed by atoms with Crippen LogP contribution < -0.4 is 0 Å². The van der Waals surface area contributed by atoms with Crippen LogP contribution in [0.5, 0.6) is 0 Å². The summed E-state index contributed by atoms with van der Waals surface area (Å²) in [5, 5.41) is 14.1. The van der Waals surface area contributed by atoms with E-state index in [0.29, 0.717) is 37.3 Å². The molecule has 1 saturated heterocycles. The van der Waals surface area contributed by atoms with Crippen LogP contribution >= 0.6 is 0 Å². The van der Waals surface area contributed by atoms with E-state index in [0.717, 1.165) is 5.69 Å². The van der Waals surface area contributed by atoms with Crippen molar-refractivity contribution in [2.24, 2.45) is 0 Å². The van der Waals surface area contributed by atoms with Gasteiger partial charge in [0.25, 0.3) is 11.7 Å². The van der Waals surface area contributed by atoms with Crippen molar-refractivity contribution in [1.29, 1.82) is 0 Å². The van der Waals surface area contributed by atoms with Crippen molar-refractivity contribution in [3.63, 3.8) is 0 Å². The zero-order valence-corrected chi connectivity index (χ0v) is 11.6. The number of aromatic nitrogens is 4. The van der Waals surface area contributed by atoms with E-state index in [9.17, 15) is 9.90 Å². The van der Waals surface area contributed by atoms with Crippen molar-refractivity contribution in [1.82, 2.24) is 24.5 Å². The van der Waals surface area contributed by atoms with Crippen LogP contribution in [-0.4, -0.2) is 54.2 Å². The molecule has 20 heavy (non-hydrogen) atoms. The summed E-state index contributed by atoms with van der Waals surface area (Å²) in [4.78, 5) is 22.4. The zero-order valence-electron chi connectivity index (χ0n) is 11.6. The Kier molecular flexibility index (Phi) is 2.93. The zero-order chi connectivity index (χ0) is 14.3. The number of fused-ring (bicyclic) bond motifs is 1. The van der Waals surface area contributed by atoms with Crippen molar-refractivity contribution in [3.8, 4) is 0 Å².